The SMILES string of the molecule is CS(=O)c1ccc(Nc2ncc(C(=N)N)c(N)n2)cc1F. The first-order valence-corrected chi connectivity index (χ1v) is 7.31. The largest absolute Gasteiger partial charge is 0.384 e. The summed E-state index contributed by atoms with van der Waals surface area (Å²) in [6, 6.07) is 4.16. The van der Waals surface area contributed by atoms with E-state index in [4.69, 9.17) is 16.9 Å². The van der Waals surface area contributed by atoms with Crippen LogP contribution < -0.4 is 16.8 Å². The number of anilines is 3. The number of nitrogens with zero attached hydrogens (tertiary/aromatic N) is 2. The minimum atomic E-state index is -1.40. The molecule has 1 atom stereocenters. The van der Waals surface area contributed by atoms with Crippen LogP contribution in [-0.2, 0) is 10.8 Å². The Morgan fingerprint density at radius 2 is 2.19 bits per heavy atom. The van der Waals surface area contributed by atoms with Gasteiger partial charge < -0.3 is 16.8 Å². The first kappa shape index (κ1) is 14.9. The Morgan fingerprint density at radius 3 is 2.71 bits per heavy atom. The van der Waals surface area contributed by atoms with Crippen LogP contribution in [0, 0.1) is 11.2 Å². The van der Waals surface area contributed by atoms with Crippen LogP contribution in [0.5, 0.6) is 0 Å². The smallest absolute Gasteiger partial charge is 0.229 e. The fraction of sp³-hybridized carbons (Fsp3) is 0.0833. The lowest BCUT2D eigenvalue weighted by Crippen LogP contribution is -2.15. The zero-order chi connectivity index (χ0) is 15.6. The highest BCUT2D eigenvalue weighted by atomic mass is 32.2. The molecule has 0 amide bonds. The second-order valence-electron chi connectivity index (χ2n) is 4.13. The maximum Gasteiger partial charge on any atom is 0.229 e. The summed E-state index contributed by atoms with van der Waals surface area (Å²) >= 11 is 0. The molecular weight excluding hydrogens is 295 g/mol. The van der Waals surface area contributed by atoms with E-state index in [1.54, 1.807) is 6.07 Å². The molecule has 1 aromatic carbocycles. The number of nitrogen functional groups attached to an aromatic ring is 2. The summed E-state index contributed by atoms with van der Waals surface area (Å²) in [6.45, 7) is 0. The minimum absolute atomic E-state index is 0.0479. The maximum atomic E-state index is 13.7. The monoisotopic (exact) mass is 308 g/mol. The van der Waals surface area contributed by atoms with E-state index >= 15 is 0 Å². The van der Waals surface area contributed by atoms with Crippen molar-refractivity contribution in [2.75, 3.05) is 17.3 Å². The number of benzene rings is 1. The van der Waals surface area contributed by atoms with Crippen molar-refractivity contribution in [3.05, 3.63) is 35.8 Å². The van der Waals surface area contributed by atoms with Gasteiger partial charge >= 0.3 is 0 Å². The predicted octanol–water partition coefficient (Wildman–Crippen LogP) is 0.963. The Balaban J connectivity index is 2.26. The summed E-state index contributed by atoms with van der Waals surface area (Å²) in [5.41, 5.74) is 11.6. The molecule has 0 saturated carbocycles. The van der Waals surface area contributed by atoms with Gasteiger partial charge in [0, 0.05) is 18.1 Å². The van der Waals surface area contributed by atoms with Gasteiger partial charge in [-0.25, -0.2) is 9.37 Å². The molecule has 0 aliphatic carbocycles. The van der Waals surface area contributed by atoms with Crippen molar-refractivity contribution in [2.24, 2.45) is 5.73 Å². The van der Waals surface area contributed by atoms with E-state index in [1.807, 2.05) is 0 Å². The van der Waals surface area contributed by atoms with E-state index in [0.717, 1.165) is 0 Å². The van der Waals surface area contributed by atoms with Crippen LogP contribution in [-0.4, -0.2) is 26.3 Å². The van der Waals surface area contributed by atoms with Crippen LogP contribution in [0.4, 0.5) is 21.8 Å². The van der Waals surface area contributed by atoms with Crippen LogP contribution >= 0.6 is 0 Å². The fourth-order valence-corrected chi connectivity index (χ4v) is 2.20. The zero-order valence-electron chi connectivity index (χ0n) is 11.1. The third kappa shape index (κ3) is 3.31. The highest BCUT2D eigenvalue weighted by Gasteiger charge is 2.09. The van der Waals surface area contributed by atoms with Crippen LogP contribution in [0.15, 0.2) is 29.3 Å². The normalized spacial score (nSPS) is 11.9. The third-order valence-electron chi connectivity index (χ3n) is 2.61. The fourth-order valence-electron chi connectivity index (χ4n) is 1.60. The van der Waals surface area contributed by atoms with Gasteiger partial charge in [-0.3, -0.25) is 9.62 Å². The molecule has 0 aliphatic rings. The van der Waals surface area contributed by atoms with Crippen LogP contribution in [0.25, 0.3) is 0 Å². The van der Waals surface area contributed by atoms with Crippen molar-refractivity contribution in [1.82, 2.24) is 9.97 Å². The molecule has 7 nitrogen and oxygen atoms in total. The molecule has 9 heteroatoms. The molecule has 1 heterocycles. The summed E-state index contributed by atoms with van der Waals surface area (Å²) in [7, 11) is -1.40. The van der Waals surface area contributed by atoms with Gasteiger partial charge in [-0.1, -0.05) is 0 Å². The Bertz CT molecular complexity index is 674. The Morgan fingerprint density at radius 1 is 1.48 bits per heavy atom. The van der Waals surface area contributed by atoms with Crippen molar-refractivity contribution in [2.45, 2.75) is 4.90 Å². The highest BCUT2D eigenvalue weighted by molar-refractivity contribution is 7.84. The maximum absolute atomic E-state index is 13.7. The molecule has 1 aromatic heterocycles. The van der Waals surface area contributed by atoms with E-state index in [-0.39, 0.29) is 28.1 Å². The van der Waals surface area contributed by atoms with Crippen molar-refractivity contribution in [3.63, 3.8) is 0 Å². The van der Waals surface area contributed by atoms with Crippen molar-refractivity contribution in [1.29, 1.82) is 5.41 Å². The molecule has 110 valence electrons. The predicted molar refractivity (Wildman–Crippen MR) is 79.5 cm³/mol. The first-order chi connectivity index (χ1) is 9.88. The molecule has 0 spiro atoms. The quantitative estimate of drug-likeness (QED) is 0.491. The van der Waals surface area contributed by atoms with Crippen molar-refractivity contribution in [3.8, 4) is 0 Å². The van der Waals surface area contributed by atoms with E-state index in [9.17, 15) is 8.60 Å². The van der Waals surface area contributed by atoms with Gasteiger partial charge in [0.2, 0.25) is 5.95 Å². The second kappa shape index (κ2) is 5.83. The van der Waals surface area contributed by atoms with Gasteiger partial charge in [0.1, 0.15) is 17.5 Å². The number of hydrogen-bond donors (Lipinski definition) is 4. The van der Waals surface area contributed by atoms with Crippen molar-refractivity contribution < 1.29 is 8.60 Å². The number of rotatable bonds is 4. The van der Waals surface area contributed by atoms with Gasteiger partial charge in [0.25, 0.3) is 0 Å². The summed E-state index contributed by atoms with van der Waals surface area (Å²) in [6.07, 6.45) is 2.70. The van der Waals surface area contributed by atoms with E-state index < -0.39 is 16.6 Å². The Labute approximate surface area is 122 Å². The molecule has 21 heavy (non-hydrogen) atoms. The standard InChI is InChI=1S/C12H13FN6OS/c1-21(20)9-3-2-6(4-8(9)13)18-12-17-5-7(10(14)15)11(16)19-12/h2-5H,1H3,(H3,14,15)(H3,16,17,18,19). The average Bonchev–Trinajstić information content (AvgIpc) is 2.37. The van der Waals surface area contributed by atoms with Crippen LogP contribution in [0.1, 0.15) is 5.56 Å². The summed E-state index contributed by atoms with van der Waals surface area (Å²) in [5, 5.41) is 10.0. The van der Waals surface area contributed by atoms with E-state index in [2.05, 4.69) is 15.3 Å². The van der Waals surface area contributed by atoms with Crippen LogP contribution in [0.3, 0.4) is 0 Å². The molecule has 0 bridgehead atoms. The highest BCUT2D eigenvalue weighted by Crippen LogP contribution is 2.20. The number of halogens is 1. The molecule has 6 N–H and O–H groups in total. The van der Waals surface area contributed by atoms with Gasteiger partial charge in [-0.2, -0.15) is 4.98 Å². The lowest BCUT2D eigenvalue weighted by molar-refractivity contribution is 0.596. The molecular formula is C12H13FN6OS. The van der Waals surface area contributed by atoms with Crippen LogP contribution in [0.2, 0.25) is 0 Å². The molecule has 0 fully saturated rings. The van der Waals surface area contributed by atoms with Crippen molar-refractivity contribution >= 4 is 34.1 Å². The molecule has 2 rings (SSSR count). The number of aromatic nitrogens is 2. The number of nitrogens with two attached hydrogens (primary N) is 2. The van der Waals surface area contributed by atoms with Gasteiger partial charge in [-0.05, 0) is 18.2 Å². The zero-order valence-corrected chi connectivity index (χ0v) is 11.9. The molecule has 1 unspecified atom stereocenters. The topological polar surface area (TPSA) is 131 Å². The summed E-state index contributed by atoms with van der Waals surface area (Å²) in [4.78, 5) is 7.99. The first-order valence-electron chi connectivity index (χ1n) is 5.75. The van der Waals surface area contributed by atoms with E-state index in [0.29, 0.717) is 5.69 Å². The number of amidine groups is 1. The number of hydrogen-bond acceptors (Lipinski definition) is 6. The summed E-state index contributed by atoms with van der Waals surface area (Å²) < 4.78 is 25.0. The van der Waals surface area contributed by atoms with E-state index in [1.165, 1.54) is 24.6 Å². The Kier molecular flexibility index (Phi) is 4.13. The number of nitrogens with one attached hydrogen (secondary N) is 2. The van der Waals surface area contributed by atoms with Gasteiger partial charge in [0.05, 0.1) is 21.3 Å². The van der Waals surface area contributed by atoms with Gasteiger partial charge in [-0.15, -0.1) is 0 Å². The lowest BCUT2D eigenvalue weighted by Gasteiger charge is -2.08. The minimum Gasteiger partial charge on any atom is -0.384 e. The molecule has 2 aromatic rings. The molecule has 0 aliphatic heterocycles. The summed E-state index contributed by atoms with van der Waals surface area (Å²) in [5.74, 6) is -0.636. The average molecular weight is 308 g/mol. The molecule has 0 saturated heterocycles. The second-order valence-corrected chi connectivity index (χ2v) is 5.48. The Hall–Kier alpha value is -2.55. The lowest BCUT2D eigenvalue weighted by atomic mass is 10.3. The van der Waals surface area contributed by atoms with Gasteiger partial charge in [0.15, 0.2) is 0 Å². The third-order valence-corrected chi connectivity index (χ3v) is 3.56. The molecule has 0 radical (unpaired) electrons.